The van der Waals surface area contributed by atoms with E-state index in [2.05, 4.69) is 5.32 Å². The van der Waals surface area contributed by atoms with Crippen LogP contribution >= 0.6 is 0 Å². The van der Waals surface area contributed by atoms with Gasteiger partial charge in [0.2, 0.25) is 0 Å². The van der Waals surface area contributed by atoms with Gasteiger partial charge >= 0.3 is 0 Å². The molecule has 2 aromatic carbocycles. The number of nitrogens with zero attached hydrogens (tertiary/aromatic N) is 4. The molecule has 0 bridgehead atoms. The Morgan fingerprint density at radius 3 is 2.41 bits per heavy atom. The average Bonchev–Trinajstić information content (AvgIpc) is 3.17. The third-order valence-corrected chi connectivity index (χ3v) is 4.32. The highest BCUT2D eigenvalue weighted by Crippen LogP contribution is 2.25. The van der Waals surface area contributed by atoms with Crippen molar-refractivity contribution in [2.45, 2.75) is 0 Å². The van der Waals surface area contributed by atoms with Crippen molar-refractivity contribution in [1.29, 1.82) is 5.26 Å². The van der Waals surface area contributed by atoms with Crippen molar-refractivity contribution in [2.75, 3.05) is 27.2 Å². The van der Waals surface area contributed by atoms with E-state index >= 15 is 0 Å². The van der Waals surface area contributed by atoms with Crippen LogP contribution in [0, 0.1) is 11.3 Å². The summed E-state index contributed by atoms with van der Waals surface area (Å²) in [7, 11) is 3.86. The van der Waals surface area contributed by atoms with Crippen LogP contribution in [-0.4, -0.2) is 47.8 Å². The highest BCUT2D eigenvalue weighted by atomic mass is 16.1. The molecule has 0 aliphatic carbocycles. The van der Waals surface area contributed by atoms with Gasteiger partial charge in [0.05, 0.1) is 11.4 Å². The number of nitrogens with one attached hydrogen (secondary N) is 1. The van der Waals surface area contributed by atoms with Gasteiger partial charge in [-0.3, -0.25) is 4.79 Å². The minimum absolute atomic E-state index is 0.0496. The minimum Gasteiger partial charge on any atom is -0.350 e. The zero-order valence-electron chi connectivity index (χ0n) is 16.5. The van der Waals surface area contributed by atoms with Crippen molar-refractivity contribution in [1.82, 2.24) is 20.0 Å². The maximum absolute atomic E-state index is 12.4. The molecule has 146 valence electrons. The Kier molecular flexibility index (Phi) is 6.56. The number of aromatic nitrogens is 2. The van der Waals surface area contributed by atoms with Crippen LogP contribution in [0.1, 0.15) is 5.56 Å². The lowest BCUT2D eigenvalue weighted by molar-refractivity contribution is -0.117. The molecule has 3 rings (SSSR count). The highest BCUT2D eigenvalue weighted by Gasteiger charge is 2.14. The van der Waals surface area contributed by atoms with E-state index in [-0.39, 0.29) is 11.5 Å². The zero-order valence-corrected chi connectivity index (χ0v) is 16.5. The van der Waals surface area contributed by atoms with Crippen molar-refractivity contribution in [2.24, 2.45) is 0 Å². The Labute approximate surface area is 170 Å². The van der Waals surface area contributed by atoms with E-state index in [9.17, 15) is 10.1 Å². The molecule has 1 amide bonds. The molecule has 0 unspecified atom stereocenters. The summed E-state index contributed by atoms with van der Waals surface area (Å²) in [5.74, 6) is -0.388. The summed E-state index contributed by atoms with van der Waals surface area (Å²) in [5, 5.41) is 17.0. The SMILES string of the molecule is CN(C)CCNC(=O)/C(C#N)=C/c1cn(-c2ccccc2)nc1-c1ccccc1. The summed E-state index contributed by atoms with van der Waals surface area (Å²) in [6, 6.07) is 21.5. The molecule has 0 spiro atoms. The number of amides is 1. The van der Waals surface area contributed by atoms with Gasteiger partial charge in [0.25, 0.3) is 5.91 Å². The van der Waals surface area contributed by atoms with Crippen molar-refractivity contribution in [3.63, 3.8) is 0 Å². The number of benzene rings is 2. The van der Waals surface area contributed by atoms with Crippen molar-refractivity contribution in [3.05, 3.63) is 78.0 Å². The molecule has 0 radical (unpaired) electrons. The highest BCUT2D eigenvalue weighted by molar-refractivity contribution is 6.02. The first-order valence-corrected chi connectivity index (χ1v) is 9.33. The van der Waals surface area contributed by atoms with E-state index in [0.717, 1.165) is 11.3 Å². The molecular weight excluding hydrogens is 362 g/mol. The van der Waals surface area contributed by atoms with Crippen LogP contribution in [0.2, 0.25) is 0 Å². The van der Waals surface area contributed by atoms with Crippen LogP contribution in [0.25, 0.3) is 23.0 Å². The number of nitriles is 1. The summed E-state index contributed by atoms with van der Waals surface area (Å²) in [6.45, 7) is 1.17. The van der Waals surface area contributed by atoms with Gasteiger partial charge in [0, 0.05) is 30.4 Å². The molecule has 0 aliphatic rings. The molecule has 0 saturated carbocycles. The standard InChI is InChI=1S/C23H23N5O/c1-27(2)14-13-25-23(29)19(16-24)15-20-17-28(21-11-7-4-8-12-21)26-22(20)18-9-5-3-6-10-18/h3-12,15,17H,13-14H2,1-2H3,(H,25,29)/b19-15+. The van der Waals surface area contributed by atoms with Gasteiger partial charge in [-0.1, -0.05) is 48.5 Å². The van der Waals surface area contributed by atoms with E-state index in [0.29, 0.717) is 24.3 Å². The number of carbonyl (C=O) groups is 1. The quantitative estimate of drug-likeness (QED) is 0.501. The molecule has 6 heteroatoms. The Morgan fingerprint density at radius 1 is 1.14 bits per heavy atom. The predicted octanol–water partition coefficient (Wildman–Crippen LogP) is 3.12. The molecule has 6 nitrogen and oxygen atoms in total. The van der Waals surface area contributed by atoms with Gasteiger partial charge in [-0.15, -0.1) is 0 Å². The largest absolute Gasteiger partial charge is 0.350 e. The second kappa shape index (κ2) is 9.49. The van der Waals surface area contributed by atoms with Crippen LogP contribution in [0.5, 0.6) is 0 Å². The first-order valence-electron chi connectivity index (χ1n) is 9.33. The topological polar surface area (TPSA) is 74.0 Å². The molecular formula is C23H23N5O. The first kappa shape index (κ1) is 20.1. The Balaban J connectivity index is 1.98. The fourth-order valence-corrected chi connectivity index (χ4v) is 2.82. The molecule has 1 heterocycles. The Bertz CT molecular complexity index is 1030. The fraction of sp³-hybridized carbons (Fsp3) is 0.174. The Hall–Kier alpha value is -3.69. The maximum Gasteiger partial charge on any atom is 0.262 e. The van der Waals surface area contributed by atoms with Crippen LogP contribution in [-0.2, 0) is 4.79 Å². The number of hydrogen-bond donors (Lipinski definition) is 1. The summed E-state index contributed by atoms with van der Waals surface area (Å²) in [4.78, 5) is 14.4. The fourth-order valence-electron chi connectivity index (χ4n) is 2.82. The second-order valence-corrected chi connectivity index (χ2v) is 6.81. The second-order valence-electron chi connectivity index (χ2n) is 6.81. The van der Waals surface area contributed by atoms with Crippen LogP contribution < -0.4 is 5.32 Å². The molecule has 1 N–H and O–H groups in total. The zero-order chi connectivity index (χ0) is 20.6. The lowest BCUT2D eigenvalue weighted by Crippen LogP contribution is -2.31. The molecule has 0 aliphatic heterocycles. The lowest BCUT2D eigenvalue weighted by atomic mass is 10.1. The number of carbonyl (C=O) groups excluding carboxylic acids is 1. The molecule has 0 atom stereocenters. The van der Waals surface area contributed by atoms with Gasteiger partial charge in [-0.25, -0.2) is 4.68 Å². The molecule has 0 saturated heterocycles. The third kappa shape index (κ3) is 5.18. The molecule has 3 aromatic rings. The summed E-state index contributed by atoms with van der Waals surface area (Å²) < 4.78 is 1.76. The van der Waals surface area contributed by atoms with Crippen LogP contribution in [0.15, 0.2) is 72.4 Å². The number of rotatable bonds is 7. The van der Waals surface area contributed by atoms with Gasteiger partial charge in [0.15, 0.2) is 0 Å². The van der Waals surface area contributed by atoms with Gasteiger partial charge in [-0.05, 0) is 32.3 Å². The number of para-hydroxylation sites is 1. The van der Waals surface area contributed by atoms with Crippen molar-refractivity contribution in [3.8, 4) is 23.0 Å². The third-order valence-electron chi connectivity index (χ3n) is 4.32. The van der Waals surface area contributed by atoms with Gasteiger partial charge < -0.3 is 10.2 Å². The van der Waals surface area contributed by atoms with E-state index in [1.807, 2.05) is 91.9 Å². The number of likely N-dealkylation sites (N-methyl/N-ethyl adjacent to an activating group) is 1. The average molecular weight is 385 g/mol. The maximum atomic E-state index is 12.4. The van der Waals surface area contributed by atoms with Crippen LogP contribution in [0.4, 0.5) is 0 Å². The van der Waals surface area contributed by atoms with Crippen LogP contribution in [0.3, 0.4) is 0 Å². The smallest absolute Gasteiger partial charge is 0.262 e. The Morgan fingerprint density at radius 2 is 1.79 bits per heavy atom. The first-order chi connectivity index (χ1) is 14.1. The summed E-state index contributed by atoms with van der Waals surface area (Å²) >= 11 is 0. The van der Waals surface area contributed by atoms with E-state index in [1.54, 1.807) is 10.8 Å². The normalized spacial score (nSPS) is 11.3. The van der Waals surface area contributed by atoms with Gasteiger partial charge in [-0.2, -0.15) is 10.4 Å². The monoisotopic (exact) mass is 385 g/mol. The number of hydrogen-bond acceptors (Lipinski definition) is 4. The molecule has 29 heavy (non-hydrogen) atoms. The van der Waals surface area contributed by atoms with Gasteiger partial charge in [0.1, 0.15) is 11.6 Å². The van der Waals surface area contributed by atoms with Crippen molar-refractivity contribution >= 4 is 12.0 Å². The molecule has 0 fully saturated rings. The van der Waals surface area contributed by atoms with Crippen molar-refractivity contribution < 1.29 is 4.79 Å². The van der Waals surface area contributed by atoms with E-state index < -0.39 is 0 Å². The summed E-state index contributed by atoms with van der Waals surface area (Å²) in [5.41, 5.74) is 3.29. The predicted molar refractivity (Wildman–Crippen MR) is 114 cm³/mol. The minimum atomic E-state index is -0.388. The summed E-state index contributed by atoms with van der Waals surface area (Å²) in [6.07, 6.45) is 3.43. The van der Waals surface area contributed by atoms with E-state index in [1.165, 1.54) is 0 Å². The lowest BCUT2D eigenvalue weighted by Gasteiger charge is -2.09. The molecule has 1 aromatic heterocycles. The van der Waals surface area contributed by atoms with E-state index in [4.69, 9.17) is 5.10 Å².